The first-order valence-electron chi connectivity index (χ1n) is 10.7. The van der Waals surface area contributed by atoms with Gasteiger partial charge in [-0.05, 0) is 69.7 Å². The third-order valence-corrected chi connectivity index (χ3v) is 6.43. The van der Waals surface area contributed by atoms with Crippen molar-refractivity contribution in [2.45, 2.75) is 69.8 Å². The Morgan fingerprint density at radius 3 is 2.16 bits per heavy atom. The van der Waals surface area contributed by atoms with Gasteiger partial charge in [-0.2, -0.15) is 0 Å². The van der Waals surface area contributed by atoms with E-state index >= 15 is 0 Å². The number of ether oxygens (including phenoxy) is 1. The van der Waals surface area contributed by atoms with Crippen molar-refractivity contribution in [1.82, 2.24) is 9.80 Å². The molecule has 0 aromatic heterocycles. The number of amides is 1. The van der Waals surface area contributed by atoms with Gasteiger partial charge in [-0.15, -0.1) is 0 Å². The molecule has 9 heteroatoms. The molecule has 0 unspecified atom stereocenters. The molecule has 1 aliphatic heterocycles. The lowest BCUT2D eigenvalue weighted by molar-refractivity contribution is -0.154. The van der Waals surface area contributed by atoms with Crippen LogP contribution in [0.2, 0.25) is 0 Å². The fourth-order valence-corrected chi connectivity index (χ4v) is 4.29. The summed E-state index contributed by atoms with van der Waals surface area (Å²) in [6, 6.07) is 6.95. The molecule has 2 aliphatic rings. The third-order valence-electron chi connectivity index (χ3n) is 6.43. The number of likely N-dealkylation sites (tertiary alicyclic amines) is 1. The molecule has 1 N–H and O–H groups in total. The van der Waals surface area contributed by atoms with Crippen molar-refractivity contribution >= 4 is 11.9 Å². The highest BCUT2D eigenvalue weighted by Crippen LogP contribution is 2.35. The number of piperidine rings is 1. The molecule has 1 aromatic rings. The highest BCUT2D eigenvalue weighted by molar-refractivity contribution is 5.95. The minimum Gasteiger partial charge on any atom is -0.468 e. The Bertz CT molecular complexity index is 864. The summed E-state index contributed by atoms with van der Waals surface area (Å²) in [7, 11) is 1.40. The number of carbonyl (C=O) groups is 2. The van der Waals surface area contributed by atoms with Crippen LogP contribution in [0.1, 0.15) is 62.4 Å². The highest BCUT2D eigenvalue weighted by Gasteiger charge is 2.42. The Kier molecular flexibility index (Phi) is 6.59. The van der Waals surface area contributed by atoms with Gasteiger partial charge in [0.25, 0.3) is 5.91 Å². The van der Waals surface area contributed by atoms with Gasteiger partial charge in [0.15, 0.2) is 5.72 Å². The Labute approximate surface area is 182 Å². The van der Waals surface area contributed by atoms with Gasteiger partial charge in [-0.25, -0.2) is 0 Å². The molecule has 1 aromatic carbocycles. The van der Waals surface area contributed by atoms with Crippen molar-refractivity contribution in [2.75, 3.05) is 20.2 Å². The quantitative estimate of drug-likeness (QED) is 0.309. The van der Waals surface area contributed by atoms with E-state index < -0.39 is 11.3 Å². The number of azide groups is 1. The normalized spacial score (nSPS) is 19.8. The number of hydrogen-bond acceptors (Lipinski definition) is 6. The molecular formula is C22H31N5O4. The average Bonchev–Trinajstić information content (AvgIpc) is 3.58. The van der Waals surface area contributed by atoms with E-state index in [1.54, 1.807) is 24.3 Å². The van der Waals surface area contributed by atoms with Gasteiger partial charge in [0.2, 0.25) is 0 Å². The number of carbonyl (C=O) groups excluding carboxylic acids is 2. The SMILES string of the molecule is COC(=O)C(C)(C)N1CCC(N(C(=O)c2ccc([C@](C)(O)N=[N+]=[N-])cc2)C2CC2)CC1. The molecule has 1 heterocycles. The van der Waals surface area contributed by atoms with E-state index in [0.717, 1.165) is 38.8 Å². The summed E-state index contributed by atoms with van der Waals surface area (Å²) in [5, 5.41) is 13.6. The highest BCUT2D eigenvalue weighted by atomic mass is 16.5. The van der Waals surface area contributed by atoms with Crippen molar-refractivity contribution < 1.29 is 19.4 Å². The Hall–Kier alpha value is -2.61. The number of esters is 1. The monoisotopic (exact) mass is 429 g/mol. The van der Waals surface area contributed by atoms with E-state index in [2.05, 4.69) is 14.9 Å². The van der Waals surface area contributed by atoms with E-state index in [-0.39, 0.29) is 24.0 Å². The van der Waals surface area contributed by atoms with Crippen LogP contribution < -0.4 is 0 Å². The second kappa shape index (κ2) is 8.86. The summed E-state index contributed by atoms with van der Waals surface area (Å²) in [5.41, 5.74) is 7.24. The molecule has 0 spiro atoms. The molecule has 1 amide bonds. The van der Waals surface area contributed by atoms with Gasteiger partial charge in [0.05, 0.1) is 7.11 Å². The zero-order chi connectivity index (χ0) is 22.8. The standard InChI is InChI=1S/C22H31N5O4/c1-21(2,20(29)31-4)26-13-11-18(12-14-26)27(17-9-10-17)19(28)15-5-7-16(8-6-15)22(3,30)24-25-23/h5-8,17-18,30H,9-14H2,1-4H3/t22-/m0/s1. The lowest BCUT2D eigenvalue weighted by Gasteiger charge is -2.44. The third kappa shape index (κ3) is 4.84. The smallest absolute Gasteiger partial charge is 0.325 e. The van der Waals surface area contributed by atoms with Crippen LogP contribution in [0.25, 0.3) is 10.4 Å². The maximum atomic E-state index is 13.3. The van der Waals surface area contributed by atoms with Crippen molar-refractivity contribution in [3.05, 3.63) is 45.8 Å². The number of rotatable bonds is 7. The van der Waals surface area contributed by atoms with Gasteiger partial charge in [0, 0.05) is 35.6 Å². The fourth-order valence-electron chi connectivity index (χ4n) is 4.29. The maximum absolute atomic E-state index is 13.3. The van der Waals surface area contributed by atoms with Gasteiger partial charge in [-0.1, -0.05) is 17.2 Å². The topological polar surface area (TPSA) is 119 Å². The number of benzene rings is 1. The van der Waals surface area contributed by atoms with Crippen molar-refractivity contribution in [3.8, 4) is 0 Å². The average molecular weight is 430 g/mol. The maximum Gasteiger partial charge on any atom is 0.325 e. The molecule has 31 heavy (non-hydrogen) atoms. The van der Waals surface area contributed by atoms with E-state index in [0.29, 0.717) is 11.1 Å². The van der Waals surface area contributed by atoms with Gasteiger partial charge < -0.3 is 14.7 Å². The van der Waals surface area contributed by atoms with E-state index in [1.165, 1.54) is 14.0 Å². The first kappa shape index (κ1) is 23.1. The molecule has 1 saturated carbocycles. The van der Waals surface area contributed by atoms with Gasteiger partial charge in [0.1, 0.15) is 5.54 Å². The van der Waals surface area contributed by atoms with Gasteiger partial charge >= 0.3 is 5.97 Å². The second-order valence-corrected chi connectivity index (χ2v) is 9.00. The molecule has 2 fully saturated rings. The van der Waals surface area contributed by atoms with E-state index in [4.69, 9.17) is 10.3 Å². The lowest BCUT2D eigenvalue weighted by Crippen LogP contribution is -2.56. The molecule has 1 saturated heterocycles. The lowest BCUT2D eigenvalue weighted by atomic mass is 9.95. The van der Waals surface area contributed by atoms with Crippen LogP contribution in [0.3, 0.4) is 0 Å². The van der Waals surface area contributed by atoms with Crippen LogP contribution in [0, 0.1) is 0 Å². The summed E-state index contributed by atoms with van der Waals surface area (Å²) in [6.07, 6.45) is 3.60. The second-order valence-electron chi connectivity index (χ2n) is 9.00. The zero-order valence-electron chi connectivity index (χ0n) is 18.6. The molecule has 0 radical (unpaired) electrons. The summed E-state index contributed by atoms with van der Waals surface area (Å²) in [5.74, 6) is -0.277. The van der Waals surface area contributed by atoms with Crippen LogP contribution in [0.5, 0.6) is 0 Å². The first-order chi connectivity index (χ1) is 14.6. The summed E-state index contributed by atoms with van der Waals surface area (Å²) in [6.45, 7) is 6.59. The van der Waals surface area contributed by atoms with Crippen LogP contribution in [-0.4, -0.2) is 64.6 Å². The Morgan fingerprint density at radius 1 is 1.13 bits per heavy atom. The molecule has 3 rings (SSSR count). The summed E-state index contributed by atoms with van der Waals surface area (Å²) >= 11 is 0. The zero-order valence-corrected chi connectivity index (χ0v) is 18.6. The minimum atomic E-state index is -1.66. The molecule has 1 atom stereocenters. The summed E-state index contributed by atoms with van der Waals surface area (Å²) in [4.78, 5) is 32.3. The number of hydrogen-bond donors (Lipinski definition) is 1. The van der Waals surface area contributed by atoms with E-state index in [9.17, 15) is 14.7 Å². The van der Waals surface area contributed by atoms with E-state index in [1.807, 2.05) is 18.7 Å². The summed E-state index contributed by atoms with van der Waals surface area (Å²) < 4.78 is 4.95. The first-order valence-corrected chi connectivity index (χ1v) is 10.7. The van der Waals surface area contributed by atoms with Crippen LogP contribution in [0.4, 0.5) is 0 Å². The molecule has 1 aliphatic carbocycles. The van der Waals surface area contributed by atoms with Gasteiger partial charge in [-0.3, -0.25) is 14.5 Å². The van der Waals surface area contributed by atoms with Crippen molar-refractivity contribution in [1.29, 1.82) is 0 Å². The fraction of sp³-hybridized carbons (Fsp3) is 0.636. The van der Waals surface area contributed by atoms with Crippen LogP contribution in [-0.2, 0) is 15.3 Å². The Balaban J connectivity index is 1.71. The predicted molar refractivity (Wildman–Crippen MR) is 115 cm³/mol. The van der Waals surface area contributed by atoms with Crippen LogP contribution >= 0.6 is 0 Å². The van der Waals surface area contributed by atoms with Crippen molar-refractivity contribution in [3.63, 3.8) is 0 Å². The minimum absolute atomic E-state index is 0.0249. The molecule has 0 bridgehead atoms. The number of aliphatic hydroxyl groups is 1. The number of methoxy groups -OCH3 is 1. The van der Waals surface area contributed by atoms with Crippen LogP contribution in [0.15, 0.2) is 29.4 Å². The van der Waals surface area contributed by atoms with Crippen molar-refractivity contribution in [2.24, 2.45) is 5.11 Å². The largest absolute Gasteiger partial charge is 0.468 e. The molecule has 9 nitrogen and oxygen atoms in total. The number of nitrogens with zero attached hydrogens (tertiary/aromatic N) is 5. The Morgan fingerprint density at radius 2 is 1.68 bits per heavy atom. The molecular weight excluding hydrogens is 398 g/mol. The predicted octanol–water partition coefficient (Wildman–Crippen LogP) is 3.18. The molecule has 168 valence electrons.